The lowest BCUT2D eigenvalue weighted by Gasteiger charge is -2.37. The van der Waals surface area contributed by atoms with Gasteiger partial charge in [0.05, 0.1) is 21.3 Å². The average Bonchev–Trinajstić information content (AvgIpc) is 2.87. The number of ether oxygens (including phenoxy) is 1. The number of halogens is 5. The summed E-state index contributed by atoms with van der Waals surface area (Å²) in [4.78, 5) is 9.72. The van der Waals surface area contributed by atoms with Crippen LogP contribution in [-0.2, 0) is 38.4 Å². The Bertz CT molecular complexity index is 1330. The van der Waals surface area contributed by atoms with Gasteiger partial charge in [-0.15, -0.1) is 0 Å². The van der Waals surface area contributed by atoms with Crippen molar-refractivity contribution in [3.8, 4) is 0 Å². The van der Waals surface area contributed by atoms with Crippen molar-refractivity contribution in [3.05, 3.63) is 99.5 Å². The zero-order valence-electron chi connectivity index (χ0n) is 20.5. The maximum Gasteiger partial charge on any atom is 0.416 e. The van der Waals surface area contributed by atoms with Gasteiger partial charge in [-0.3, -0.25) is 0 Å². The Morgan fingerprint density at radius 3 is 2.11 bits per heavy atom. The van der Waals surface area contributed by atoms with Crippen molar-refractivity contribution in [1.82, 2.24) is 0 Å². The molecule has 3 aromatic carbocycles. The highest BCUT2D eigenvalue weighted by Crippen LogP contribution is 2.39. The number of rotatable bonds is 6. The molecule has 1 heterocycles. The van der Waals surface area contributed by atoms with Crippen molar-refractivity contribution in [3.63, 3.8) is 0 Å². The fourth-order valence-corrected chi connectivity index (χ4v) is 6.30. The summed E-state index contributed by atoms with van der Waals surface area (Å²) in [6.07, 6.45) is -2.66. The van der Waals surface area contributed by atoms with E-state index in [-0.39, 0.29) is 30.4 Å². The molecule has 1 aliphatic rings. The fourth-order valence-electron chi connectivity index (χ4n) is 4.18. The predicted molar refractivity (Wildman–Crippen MR) is 142 cm³/mol. The van der Waals surface area contributed by atoms with E-state index in [9.17, 15) is 26.4 Å². The smallest absolute Gasteiger partial charge is 0.378 e. The Morgan fingerprint density at radius 1 is 0.974 bits per heavy atom. The van der Waals surface area contributed by atoms with Crippen molar-refractivity contribution in [2.45, 2.75) is 54.5 Å². The van der Waals surface area contributed by atoms with E-state index >= 15 is 0 Å². The molecule has 0 saturated carbocycles. The third-order valence-electron chi connectivity index (χ3n) is 6.37. The summed E-state index contributed by atoms with van der Waals surface area (Å²) in [7, 11) is -3.98. The number of benzene rings is 3. The van der Waals surface area contributed by atoms with Gasteiger partial charge >= 0.3 is 6.18 Å². The molecule has 1 saturated heterocycles. The molecule has 1 aliphatic heterocycles. The molecule has 10 heteroatoms. The number of carbonyl (C=O) groups excluding carboxylic acids is 1. The molecule has 3 aromatic rings. The Labute approximate surface area is 230 Å². The van der Waals surface area contributed by atoms with Crippen molar-refractivity contribution in [1.29, 1.82) is 0 Å². The van der Waals surface area contributed by atoms with Crippen LogP contribution in [-0.4, -0.2) is 32.2 Å². The number of hydrogen-bond donors (Lipinski definition) is 0. The number of aldehydes is 1. The summed E-state index contributed by atoms with van der Waals surface area (Å²) in [5.41, 5.74) is 0.983. The van der Waals surface area contributed by atoms with Crippen LogP contribution < -0.4 is 0 Å². The molecular weight excluding hydrogens is 560 g/mol. The van der Waals surface area contributed by atoms with Gasteiger partial charge in [-0.2, -0.15) is 13.2 Å². The second kappa shape index (κ2) is 12.6. The molecule has 2 atom stereocenters. The third kappa shape index (κ3) is 7.82. The lowest BCUT2D eigenvalue weighted by atomic mass is 9.93. The van der Waals surface area contributed by atoms with Crippen molar-refractivity contribution in [2.24, 2.45) is 0 Å². The molecule has 0 aromatic heterocycles. The molecule has 0 aliphatic carbocycles. The van der Waals surface area contributed by atoms with Gasteiger partial charge in [-0.05, 0) is 79.8 Å². The third-order valence-corrected chi connectivity index (χ3v) is 9.42. The van der Waals surface area contributed by atoms with E-state index in [4.69, 9.17) is 27.9 Å². The first kappa shape index (κ1) is 30.2. The van der Waals surface area contributed by atoms with E-state index in [1.165, 1.54) is 6.07 Å². The molecule has 0 radical (unpaired) electrons. The van der Waals surface area contributed by atoms with Gasteiger partial charge in [0.1, 0.15) is 6.29 Å². The van der Waals surface area contributed by atoms with Crippen LogP contribution in [0.5, 0.6) is 0 Å². The van der Waals surface area contributed by atoms with E-state index in [1.807, 2.05) is 24.3 Å². The van der Waals surface area contributed by atoms with E-state index in [1.54, 1.807) is 31.2 Å². The van der Waals surface area contributed by atoms with Gasteiger partial charge < -0.3 is 9.53 Å². The molecule has 2 unspecified atom stereocenters. The van der Waals surface area contributed by atoms with Crippen molar-refractivity contribution >= 4 is 39.3 Å². The fraction of sp³-hybridized carbons (Fsp3) is 0.321. The molecule has 4 rings (SSSR count). The van der Waals surface area contributed by atoms with Crippen molar-refractivity contribution < 1.29 is 31.1 Å². The zero-order valence-corrected chi connectivity index (χ0v) is 22.9. The molecule has 4 nitrogen and oxygen atoms in total. The Hall–Kier alpha value is -2.39. The monoisotopic (exact) mass is 586 g/mol. The van der Waals surface area contributed by atoms with Gasteiger partial charge in [0, 0.05) is 23.1 Å². The van der Waals surface area contributed by atoms with Gasteiger partial charge in [0.15, 0.2) is 9.84 Å². The lowest BCUT2D eigenvalue weighted by Crippen LogP contribution is -2.45. The minimum absolute atomic E-state index is 0.203. The van der Waals surface area contributed by atoms with Crippen LogP contribution in [0.3, 0.4) is 0 Å². The predicted octanol–water partition coefficient (Wildman–Crippen LogP) is 7.39. The first-order valence-electron chi connectivity index (χ1n) is 11.8. The zero-order chi connectivity index (χ0) is 28.0. The standard InChI is InChI=1S/C20H20ClF3O3S.C8H7ClO/c1-19(28(25,26)18-4-2-3-15(12-18)20(22,23)24)9-10-27-17(13-19)11-14-5-7-16(21)8-6-14;9-8-3-1-7(2-4-8)5-6-10/h2-8,12,17H,9-11,13H2,1H3;1-4,6H,5H2. The quantitative estimate of drug-likeness (QED) is 0.282. The number of alkyl halides is 3. The second-order valence-corrected chi connectivity index (χ2v) is 12.6. The van der Waals surface area contributed by atoms with E-state index in [0.717, 1.165) is 29.5 Å². The molecule has 38 heavy (non-hydrogen) atoms. The molecule has 0 N–H and O–H groups in total. The Morgan fingerprint density at radius 2 is 1.55 bits per heavy atom. The minimum Gasteiger partial charge on any atom is -0.378 e. The summed E-state index contributed by atoms with van der Waals surface area (Å²) in [5, 5.41) is 1.31. The highest BCUT2D eigenvalue weighted by atomic mass is 35.5. The van der Waals surface area contributed by atoms with Crippen LogP contribution in [0.2, 0.25) is 10.0 Å². The molecule has 204 valence electrons. The maximum absolute atomic E-state index is 13.2. The highest BCUT2D eigenvalue weighted by Gasteiger charge is 2.45. The number of carbonyl (C=O) groups is 1. The number of hydrogen-bond acceptors (Lipinski definition) is 4. The van der Waals surface area contributed by atoms with E-state index in [2.05, 4.69) is 0 Å². The van der Waals surface area contributed by atoms with E-state index in [0.29, 0.717) is 29.0 Å². The van der Waals surface area contributed by atoms with Crippen LogP contribution in [0.4, 0.5) is 13.2 Å². The van der Waals surface area contributed by atoms with Gasteiger partial charge in [0.2, 0.25) is 0 Å². The van der Waals surface area contributed by atoms with E-state index < -0.39 is 26.3 Å². The Balaban J connectivity index is 0.000000336. The van der Waals surface area contributed by atoms with Crippen molar-refractivity contribution in [2.75, 3.05) is 6.61 Å². The summed E-state index contributed by atoms with van der Waals surface area (Å²) in [6, 6.07) is 18.4. The second-order valence-electron chi connectivity index (χ2n) is 9.25. The molecule has 1 fully saturated rings. The van der Waals surface area contributed by atoms with Crippen LogP contribution in [0.15, 0.2) is 77.7 Å². The van der Waals surface area contributed by atoms with Crippen LogP contribution in [0.25, 0.3) is 0 Å². The normalized spacial score (nSPS) is 19.8. The largest absolute Gasteiger partial charge is 0.416 e. The summed E-state index contributed by atoms with van der Waals surface area (Å²) >= 11 is 11.5. The van der Waals surface area contributed by atoms with Gasteiger partial charge in [0.25, 0.3) is 0 Å². The molecular formula is C28H27Cl2F3O4S. The Kier molecular flexibility index (Phi) is 10.0. The molecule has 0 amide bonds. The summed E-state index contributed by atoms with van der Waals surface area (Å²) in [6.45, 7) is 1.81. The SMILES string of the molecule is CC1(S(=O)(=O)c2cccc(C(F)(F)F)c2)CCOC(Cc2ccc(Cl)cc2)C1.O=CCc1ccc(Cl)cc1. The number of sulfone groups is 1. The van der Waals surface area contributed by atoms with Gasteiger partial charge in [-0.1, -0.05) is 53.5 Å². The summed E-state index contributed by atoms with van der Waals surface area (Å²) < 4.78 is 69.9. The maximum atomic E-state index is 13.2. The first-order chi connectivity index (χ1) is 17.8. The summed E-state index contributed by atoms with van der Waals surface area (Å²) in [5.74, 6) is 0. The molecule has 0 spiro atoms. The van der Waals surface area contributed by atoms with Gasteiger partial charge in [-0.25, -0.2) is 8.42 Å². The lowest BCUT2D eigenvalue weighted by molar-refractivity contribution is -0.137. The minimum atomic E-state index is -4.60. The van der Waals surface area contributed by atoms with Crippen LogP contribution in [0, 0.1) is 0 Å². The van der Waals surface area contributed by atoms with Crippen LogP contribution >= 0.6 is 23.2 Å². The molecule has 0 bridgehead atoms. The topological polar surface area (TPSA) is 60.4 Å². The highest BCUT2D eigenvalue weighted by molar-refractivity contribution is 7.92. The average molecular weight is 587 g/mol. The van der Waals surface area contributed by atoms with Crippen LogP contribution in [0.1, 0.15) is 36.5 Å². The first-order valence-corrected chi connectivity index (χ1v) is 14.0.